The molecule has 0 aromatic heterocycles. The van der Waals surface area contributed by atoms with Gasteiger partial charge in [-0.05, 0) is 50.9 Å². The number of phenolic OH excluding ortho intramolecular Hbond substituents is 1. The number of amides is 1. The predicted molar refractivity (Wildman–Crippen MR) is 125 cm³/mol. The first-order valence-corrected chi connectivity index (χ1v) is 13.4. The van der Waals surface area contributed by atoms with Crippen LogP contribution in [0.5, 0.6) is 5.75 Å². The SMILES string of the molecule is Cc1cc(CS(C)(=O)=O)c(O)c2c1C[C@H]1C[C@H]3[C@H](N(C)C)C(=O)C(C(N)=O)C(=O)[C@@]3(O)C(=O)C1C2=O. The number of phenols is 1. The maximum absolute atomic E-state index is 13.7. The van der Waals surface area contributed by atoms with Crippen LogP contribution >= 0.6 is 0 Å². The van der Waals surface area contributed by atoms with Crippen molar-refractivity contribution in [3.05, 3.63) is 28.3 Å². The van der Waals surface area contributed by atoms with Crippen molar-refractivity contribution in [1.82, 2.24) is 4.90 Å². The lowest BCUT2D eigenvalue weighted by atomic mass is 9.52. The molecule has 1 aromatic rings. The van der Waals surface area contributed by atoms with Gasteiger partial charge in [0.25, 0.3) is 0 Å². The molecule has 3 aliphatic carbocycles. The molecule has 0 bridgehead atoms. The highest BCUT2D eigenvalue weighted by Crippen LogP contribution is 2.51. The minimum atomic E-state index is -3.56. The molecule has 1 amide bonds. The molecule has 12 heteroatoms. The van der Waals surface area contributed by atoms with Crippen molar-refractivity contribution in [2.75, 3.05) is 20.4 Å². The molecular formula is C24H28N2O9S. The van der Waals surface area contributed by atoms with Crippen LogP contribution in [-0.4, -0.2) is 84.6 Å². The van der Waals surface area contributed by atoms with Gasteiger partial charge in [0.05, 0.1) is 23.3 Å². The second kappa shape index (κ2) is 8.29. The van der Waals surface area contributed by atoms with E-state index in [0.29, 0.717) is 11.1 Å². The van der Waals surface area contributed by atoms with Crippen LogP contribution < -0.4 is 5.73 Å². The Morgan fingerprint density at radius 1 is 1.19 bits per heavy atom. The molecule has 36 heavy (non-hydrogen) atoms. The highest BCUT2D eigenvalue weighted by Gasteiger charge is 2.69. The Labute approximate surface area is 207 Å². The van der Waals surface area contributed by atoms with Crippen molar-refractivity contribution in [2.45, 2.75) is 37.2 Å². The number of fused-ring (bicyclic) bond motifs is 3. The number of aliphatic hydroxyl groups is 1. The van der Waals surface area contributed by atoms with Crippen molar-refractivity contribution in [2.24, 2.45) is 29.4 Å². The number of sulfone groups is 1. The zero-order valence-electron chi connectivity index (χ0n) is 20.3. The van der Waals surface area contributed by atoms with Gasteiger partial charge in [0.2, 0.25) is 5.91 Å². The van der Waals surface area contributed by atoms with Crippen LogP contribution in [0.2, 0.25) is 0 Å². The smallest absolute Gasteiger partial charge is 0.235 e. The molecule has 6 atom stereocenters. The first-order valence-electron chi connectivity index (χ1n) is 11.4. The number of benzene rings is 1. The van der Waals surface area contributed by atoms with Crippen molar-refractivity contribution in [3.63, 3.8) is 0 Å². The van der Waals surface area contributed by atoms with Gasteiger partial charge in [-0.15, -0.1) is 0 Å². The Morgan fingerprint density at radius 3 is 2.33 bits per heavy atom. The van der Waals surface area contributed by atoms with Crippen LogP contribution in [0.3, 0.4) is 0 Å². The van der Waals surface area contributed by atoms with Crippen LogP contribution in [0.25, 0.3) is 0 Å². The molecule has 0 spiro atoms. The largest absolute Gasteiger partial charge is 0.507 e. The summed E-state index contributed by atoms with van der Waals surface area (Å²) in [6, 6.07) is 0.315. The van der Waals surface area contributed by atoms with E-state index in [-0.39, 0.29) is 24.0 Å². The number of aryl methyl sites for hydroxylation is 1. The number of hydrogen-bond acceptors (Lipinski definition) is 10. The minimum Gasteiger partial charge on any atom is -0.507 e. The van der Waals surface area contributed by atoms with Crippen LogP contribution in [0.15, 0.2) is 6.07 Å². The molecule has 0 saturated heterocycles. The standard InChI is InChI=1S/C24H28N2O9S/c1-9-5-11(8-36(4,34)35)18(27)15-12(9)6-10-7-13-17(26(2)3)20(29)16(23(25)32)22(31)24(13,33)21(30)14(10)19(15)28/h5,10,13-14,16-17,27,33H,6-8H2,1-4H3,(H2,25,32)/t10-,13-,14?,16?,17-,24-/m0/s1. The molecule has 194 valence electrons. The van der Waals surface area contributed by atoms with Gasteiger partial charge in [-0.1, -0.05) is 6.07 Å². The summed E-state index contributed by atoms with van der Waals surface area (Å²) in [7, 11) is -0.536. The van der Waals surface area contributed by atoms with E-state index < -0.39 is 85.7 Å². The molecule has 1 aromatic carbocycles. The van der Waals surface area contributed by atoms with Crippen molar-refractivity contribution in [1.29, 1.82) is 0 Å². The lowest BCUT2D eigenvalue weighted by Crippen LogP contribution is -2.74. The van der Waals surface area contributed by atoms with Gasteiger partial charge in [0.1, 0.15) is 5.75 Å². The number of primary amides is 1. The highest BCUT2D eigenvalue weighted by atomic mass is 32.2. The Balaban J connectivity index is 1.87. The number of carbonyl (C=O) groups excluding carboxylic acids is 5. The fourth-order valence-electron chi connectivity index (χ4n) is 6.32. The Hall–Kier alpha value is -2.96. The minimum absolute atomic E-state index is 0.00111. The van der Waals surface area contributed by atoms with E-state index in [2.05, 4.69) is 0 Å². The molecule has 0 aliphatic heterocycles. The second-order valence-corrected chi connectivity index (χ2v) is 12.6. The molecule has 2 unspecified atom stereocenters. The first kappa shape index (κ1) is 26.1. The van der Waals surface area contributed by atoms with E-state index in [0.717, 1.165) is 6.26 Å². The molecule has 3 aliphatic rings. The number of nitrogens with zero attached hydrogens (tertiary/aromatic N) is 1. The second-order valence-electron chi connectivity index (χ2n) is 10.4. The van der Waals surface area contributed by atoms with Crippen LogP contribution in [0.1, 0.15) is 33.5 Å². The number of aromatic hydroxyl groups is 1. The molecule has 2 fully saturated rings. The zero-order chi connectivity index (χ0) is 27.1. The zero-order valence-corrected chi connectivity index (χ0v) is 21.1. The Morgan fingerprint density at radius 2 is 1.81 bits per heavy atom. The number of ketones is 4. The van der Waals surface area contributed by atoms with Crippen LogP contribution in [0.4, 0.5) is 0 Å². The van der Waals surface area contributed by atoms with Gasteiger partial charge in [-0.3, -0.25) is 28.9 Å². The average molecular weight is 521 g/mol. The van der Waals surface area contributed by atoms with E-state index >= 15 is 0 Å². The molecule has 0 radical (unpaired) electrons. The van der Waals surface area contributed by atoms with E-state index in [1.54, 1.807) is 6.92 Å². The van der Waals surface area contributed by atoms with Gasteiger partial charge < -0.3 is 15.9 Å². The molecule has 4 N–H and O–H groups in total. The highest BCUT2D eigenvalue weighted by molar-refractivity contribution is 7.89. The summed E-state index contributed by atoms with van der Waals surface area (Å²) in [5, 5.41) is 22.4. The van der Waals surface area contributed by atoms with E-state index in [1.165, 1.54) is 25.1 Å². The van der Waals surface area contributed by atoms with E-state index in [9.17, 15) is 42.6 Å². The average Bonchev–Trinajstić information content (AvgIpc) is 2.72. The Kier molecular flexibility index (Phi) is 6.01. The Bertz CT molecular complexity index is 1350. The third kappa shape index (κ3) is 3.61. The summed E-state index contributed by atoms with van der Waals surface area (Å²) in [6.45, 7) is 1.66. The lowest BCUT2D eigenvalue weighted by Gasteiger charge is -2.52. The van der Waals surface area contributed by atoms with Crippen LogP contribution in [0, 0.1) is 30.6 Å². The fraction of sp³-hybridized carbons (Fsp3) is 0.542. The number of hydrogen-bond donors (Lipinski definition) is 3. The summed E-state index contributed by atoms with van der Waals surface area (Å²) in [5.41, 5.74) is 3.28. The summed E-state index contributed by atoms with van der Waals surface area (Å²) in [6.07, 6.45) is 1.06. The summed E-state index contributed by atoms with van der Waals surface area (Å²) >= 11 is 0. The van der Waals surface area contributed by atoms with Gasteiger partial charge in [-0.2, -0.15) is 0 Å². The van der Waals surface area contributed by atoms with E-state index in [1.807, 2.05) is 0 Å². The number of Topliss-reactive ketones (excluding diaryl/α,β-unsaturated/α-hetero) is 4. The van der Waals surface area contributed by atoms with Crippen LogP contribution in [-0.2, 0) is 41.2 Å². The normalized spacial score (nSPS) is 32.2. The number of rotatable bonds is 4. The van der Waals surface area contributed by atoms with E-state index in [4.69, 9.17) is 5.73 Å². The third-order valence-corrected chi connectivity index (χ3v) is 8.62. The van der Waals surface area contributed by atoms with Crippen molar-refractivity contribution < 1.29 is 42.6 Å². The molecule has 0 heterocycles. The predicted octanol–water partition coefficient (Wildman–Crippen LogP) is -1.28. The molecule has 11 nitrogen and oxygen atoms in total. The van der Waals surface area contributed by atoms with Gasteiger partial charge in [-0.25, -0.2) is 8.42 Å². The summed E-state index contributed by atoms with van der Waals surface area (Å²) in [4.78, 5) is 67.1. The topological polar surface area (TPSA) is 189 Å². The number of likely N-dealkylation sites (N-methyl/N-ethyl adjacent to an activating group) is 1. The summed E-state index contributed by atoms with van der Waals surface area (Å²) < 4.78 is 23.7. The first-order chi connectivity index (χ1) is 16.5. The quantitative estimate of drug-likeness (QED) is 0.403. The number of nitrogens with two attached hydrogens (primary N) is 1. The fourth-order valence-corrected chi connectivity index (χ4v) is 7.11. The maximum atomic E-state index is 13.7. The van der Waals surface area contributed by atoms with Crippen molar-refractivity contribution in [3.8, 4) is 5.75 Å². The summed E-state index contributed by atoms with van der Waals surface area (Å²) in [5.74, 6) is -11.9. The molecule has 4 rings (SSSR count). The van der Waals surface area contributed by atoms with Gasteiger partial charge in [0.15, 0.2) is 44.5 Å². The maximum Gasteiger partial charge on any atom is 0.235 e. The molecular weight excluding hydrogens is 492 g/mol. The lowest BCUT2D eigenvalue weighted by molar-refractivity contribution is -0.181. The number of carbonyl (C=O) groups is 5. The monoisotopic (exact) mass is 520 g/mol. The van der Waals surface area contributed by atoms with Crippen molar-refractivity contribution >= 4 is 38.9 Å². The third-order valence-electron chi connectivity index (χ3n) is 7.78. The van der Waals surface area contributed by atoms with Gasteiger partial charge >= 0.3 is 0 Å². The molecule has 2 saturated carbocycles. The van der Waals surface area contributed by atoms with Gasteiger partial charge in [0, 0.05) is 17.7 Å².